The third-order valence-electron chi connectivity index (χ3n) is 2.15. The van der Waals surface area contributed by atoms with Crippen LogP contribution in [0.5, 0.6) is 0 Å². The van der Waals surface area contributed by atoms with Crippen molar-refractivity contribution in [2.45, 2.75) is 20.3 Å². The van der Waals surface area contributed by atoms with Gasteiger partial charge in [0.1, 0.15) is 5.92 Å². The van der Waals surface area contributed by atoms with Crippen LogP contribution in [0.2, 0.25) is 0 Å². The first-order valence-corrected chi connectivity index (χ1v) is 4.81. The molecule has 0 saturated carbocycles. The topological polar surface area (TPSA) is 65.8 Å². The van der Waals surface area contributed by atoms with E-state index in [1.54, 1.807) is 18.3 Å². The molecule has 1 heterocycles. The zero-order valence-corrected chi connectivity index (χ0v) is 8.82. The van der Waals surface area contributed by atoms with Gasteiger partial charge in [-0.25, -0.2) is 0 Å². The Balaban J connectivity index is 2.75. The van der Waals surface area contributed by atoms with Crippen LogP contribution < -0.4 is 5.32 Å². The summed E-state index contributed by atoms with van der Waals surface area (Å²) in [6.45, 7) is 3.62. The molecule has 4 heteroatoms. The van der Waals surface area contributed by atoms with Crippen LogP contribution in [-0.2, 0) is 4.79 Å². The summed E-state index contributed by atoms with van der Waals surface area (Å²) in [5, 5.41) is 11.4. The molecule has 1 N–H and O–H groups in total. The number of hydrogen-bond donors (Lipinski definition) is 1. The fraction of sp³-hybridized carbons (Fsp3) is 0.364. The van der Waals surface area contributed by atoms with E-state index in [2.05, 4.69) is 10.3 Å². The van der Waals surface area contributed by atoms with Crippen molar-refractivity contribution in [3.05, 3.63) is 24.0 Å². The van der Waals surface area contributed by atoms with Crippen LogP contribution in [0, 0.1) is 24.2 Å². The molecule has 0 aliphatic heterocycles. The summed E-state index contributed by atoms with van der Waals surface area (Å²) in [7, 11) is 0. The van der Waals surface area contributed by atoms with Gasteiger partial charge in [-0.05, 0) is 25.5 Å². The first kappa shape index (κ1) is 11.2. The zero-order chi connectivity index (χ0) is 11.3. The Hall–Kier alpha value is -1.89. The number of aromatic nitrogens is 1. The van der Waals surface area contributed by atoms with E-state index in [0.29, 0.717) is 12.1 Å². The summed E-state index contributed by atoms with van der Waals surface area (Å²) in [6.07, 6.45) is 2.17. The number of rotatable bonds is 3. The Kier molecular flexibility index (Phi) is 3.81. The van der Waals surface area contributed by atoms with Gasteiger partial charge >= 0.3 is 0 Å². The zero-order valence-electron chi connectivity index (χ0n) is 8.82. The molecular formula is C11H13N3O. The normalized spacial score (nSPS) is 11.5. The van der Waals surface area contributed by atoms with Gasteiger partial charge in [0, 0.05) is 6.20 Å². The maximum absolute atomic E-state index is 11.6. The van der Waals surface area contributed by atoms with Gasteiger partial charge in [0.05, 0.1) is 17.5 Å². The van der Waals surface area contributed by atoms with Crippen LogP contribution in [0.4, 0.5) is 5.69 Å². The molecule has 0 spiro atoms. The summed E-state index contributed by atoms with van der Waals surface area (Å²) >= 11 is 0. The molecule has 1 atom stereocenters. The number of aryl methyl sites for hydroxylation is 1. The highest BCUT2D eigenvalue weighted by Crippen LogP contribution is 2.12. The third-order valence-corrected chi connectivity index (χ3v) is 2.15. The van der Waals surface area contributed by atoms with Crippen LogP contribution in [0.3, 0.4) is 0 Å². The first-order chi connectivity index (χ1) is 7.19. The first-order valence-electron chi connectivity index (χ1n) is 4.81. The van der Waals surface area contributed by atoms with Gasteiger partial charge in [-0.1, -0.05) is 6.92 Å². The molecule has 1 aromatic heterocycles. The van der Waals surface area contributed by atoms with Crippen LogP contribution in [0.1, 0.15) is 19.0 Å². The lowest BCUT2D eigenvalue weighted by molar-refractivity contribution is -0.118. The highest BCUT2D eigenvalue weighted by atomic mass is 16.1. The Labute approximate surface area is 88.9 Å². The third kappa shape index (κ3) is 2.78. The number of amides is 1. The molecular weight excluding hydrogens is 190 g/mol. The molecule has 78 valence electrons. The number of nitrogens with one attached hydrogen (secondary N) is 1. The Morgan fingerprint density at radius 2 is 2.47 bits per heavy atom. The maximum atomic E-state index is 11.6. The largest absolute Gasteiger partial charge is 0.323 e. The minimum Gasteiger partial charge on any atom is -0.323 e. The van der Waals surface area contributed by atoms with Crippen molar-refractivity contribution in [3.63, 3.8) is 0 Å². The lowest BCUT2D eigenvalue weighted by Crippen LogP contribution is -2.21. The van der Waals surface area contributed by atoms with Crippen LogP contribution in [0.25, 0.3) is 0 Å². The van der Waals surface area contributed by atoms with E-state index in [-0.39, 0.29) is 5.91 Å². The molecule has 0 radical (unpaired) electrons. The van der Waals surface area contributed by atoms with Gasteiger partial charge in [-0.2, -0.15) is 5.26 Å². The predicted molar refractivity (Wildman–Crippen MR) is 57.0 cm³/mol. The highest BCUT2D eigenvalue weighted by Gasteiger charge is 2.15. The van der Waals surface area contributed by atoms with Crippen LogP contribution in [-0.4, -0.2) is 10.9 Å². The van der Waals surface area contributed by atoms with Crippen molar-refractivity contribution in [2.24, 2.45) is 5.92 Å². The van der Waals surface area contributed by atoms with E-state index in [1.165, 1.54) is 0 Å². The van der Waals surface area contributed by atoms with Gasteiger partial charge < -0.3 is 5.32 Å². The molecule has 4 nitrogen and oxygen atoms in total. The van der Waals surface area contributed by atoms with Crippen LogP contribution in [0.15, 0.2) is 18.3 Å². The summed E-state index contributed by atoms with van der Waals surface area (Å²) in [4.78, 5) is 15.6. The fourth-order valence-corrected chi connectivity index (χ4v) is 1.17. The number of anilines is 1. The summed E-state index contributed by atoms with van der Waals surface area (Å²) < 4.78 is 0. The standard InChI is InChI=1S/C11H13N3O/c1-3-9(7-12)11(15)14-10-5-4-6-13-8(10)2/h4-6,9H,3H2,1-2H3,(H,14,15). The SMILES string of the molecule is CCC(C#N)C(=O)Nc1cccnc1C. The molecule has 0 aliphatic rings. The quantitative estimate of drug-likeness (QED) is 0.815. The Morgan fingerprint density at radius 3 is 3.00 bits per heavy atom. The van der Waals surface area contributed by atoms with Crippen molar-refractivity contribution in [3.8, 4) is 6.07 Å². The van der Waals surface area contributed by atoms with Gasteiger partial charge in [-0.15, -0.1) is 0 Å². The van der Waals surface area contributed by atoms with Gasteiger partial charge in [0.25, 0.3) is 0 Å². The van der Waals surface area contributed by atoms with E-state index < -0.39 is 5.92 Å². The minimum atomic E-state index is -0.593. The highest BCUT2D eigenvalue weighted by molar-refractivity contribution is 5.94. The number of pyridine rings is 1. The lowest BCUT2D eigenvalue weighted by atomic mass is 10.1. The molecule has 0 fully saturated rings. The second-order valence-electron chi connectivity index (χ2n) is 3.22. The second kappa shape index (κ2) is 5.11. The molecule has 1 unspecified atom stereocenters. The number of nitriles is 1. The molecule has 0 bridgehead atoms. The average molecular weight is 203 g/mol. The Morgan fingerprint density at radius 1 is 1.73 bits per heavy atom. The van der Waals surface area contributed by atoms with E-state index in [9.17, 15) is 4.79 Å². The fourth-order valence-electron chi connectivity index (χ4n) is 1.17. The van der Waals surface area contributed by atoms with Gasteiger partial charge in [-0.3, -0.25) is 9.78 Å². The number of hydrogen-bond acceptors (Lipinski definition) is 3. The lowest BCUT2D eigenvalue weighted by Gasteiger charge is -2.09. The summed E-state index contributed by atoms with van der Waals surface area (Å²) in [5.74, 6) is -0.860. The molecule has 1 amide bonds. The molecule has 0 aromatic carbocycles. The number of carbonyl (C=O) groups is 1. The van der Waals surface area contributed by atoms with Crippen molar-refractivity contribution < 1.29 is 4.79 Å². The van der Waals surface area contributed by atoms with E-state index in [1.807, 2.05) is 19.9 Å². The van der Waals surface area contributed by atoms with Crippen LogP contribution >= 0.6 is 0 Å². The average Bonchev–Trinajstić information content (AvgIpc) is 2.23. The number of nitrogens with zero attached hydrogens (tertiary/aromatic N) is 2. The minimum absolute atomic E-state index is 0.267. The molecule has 1 rings (SSSR count). The van der Waals surface area contributed by atoms with Crippen molar-refractivity contribution >= 4 is 11.6 Å². The van der Waals surface area contributed by atoms with Gasteiger partial charge in [0.15, 0.2) is 0 Å². The van der Waals surface area contributed by atoms with E-state index in [0.717, 1.165) is 5.69 Å². The van der Waals surface area contributed by atoms with Crippen molar-refractivity contribution in [2.75, 3.05) is 5.32 Å². The maximum Gasteiger partial charge on any atom is 0.241 e. The van der Waals surface area contributed by atoms with Crippen molar-refractivity contribution in [1.82, 2.24) is 4.98 Å². The second-order valence-corrected chi connectivity index (χ2v) is 3.22. The molecule has 0 aliphatic carbocycles. The smallest absolute Gasteiger partial charge is 0.241 e. The van der Waals surface area contributed by atoms with E-state index >= 15 is 0 Å². The monoisotopic (exact) mass is 203 g/mol. The van der Waals surface area contributed by atoms with Gasteiger partial charge in [0.2, 0.25) is 5.91 Å². The predicted octanol–water partition coefficient (Wildman–Crippen LogP) is 1.88. The van der Waals surface area contributed by atoms with Crippen molar-refractivity contribution in [1.29, 1.82) is 5.26 Å². The van der Waals surface area contributed by atoms with E-state index in [4.69, 9.17) is 5.26 Å². The Bertz CT molecular complexity index is 395. The summed E-state index contributed by atoms with van der Waals surface area (Å²) in [6, 6.07) is 5.47. The molecule has 15 heavy (non-hydrogen) atoms. The number of carbonyl (C=O) groups excluding carboxylic acids is 1. The molecule has 0 saturated heterocycles. The summed E-state index contributed by atoms with van der Waals surface area (Å²) in [5.41, 5.74) is 1.41. The molecule has 1 aromatic rings.